The van der Waals surface area contributed by atoms with Crippen LogP contribution in [-0.2, 0) is 20.9 Å². The maximum Gasteiger partial charge on any atom is 0.251 e. The van der Waals surface area contributed by atoms with Gasteiger partial charge in [-0.05, 0) is 40.8 Å². The number of hydrogen-bond donors (Lipinski definition) is 1. The fourth-order valence-electron chi connectivity index (χ4n) is 7.78. The Kier molecular flexibility index (Phi) is 8.40. The topological polar surface area (TPSA) is 81.2 Å². The first-order chi connectivity index (χ1) is 21.3. The van der Waals surface area contributed by atoms with Crippen LogP contribution < -0.4 is 4.90 Å². The molecule has 6 atom stereocenters. The van der Waals surface area contributed by atoms with Crippen LogP contribution in [0, 0.1) is 17.8 Å². The van der Waals surface area contributed by atoms with Crippen molar-refractivity contribution in [2.24, 2.45) is 17.8 Å². The Bertz CT molecular complexity index is 1590. The summed E-state index contributed by atoms with van der Waals surface area (Å²) in [7, 11) is 0. The van der Waals surface area contributed by atoms with Crippen LogP contribution in [0.25, 0.3) is 10.8 Å². The zero-order valence-electron chi connectivity index (χ0n) is 25.0. The van der Waals surface area contributed by atoms with Gasteiger partial charge in [-0.1, -0.05) is 79.7 Å². The first-order valence-corrected chi connectivity index (χ1v) is 16.2. The van der Waals surface area contributed by atoms with E-state index in [0.717, 1.165) is 28.4 Å². The Morgan fingerprint density at radius 3 is 2.41 bits per heavy atom. The zero-order valence-corrected chi connectivity index (χ0v) is 25.9. The van der Waals surface area contributed by atoms with Crippen molar-refractivity contribution in [3.05, 3.63) is 104 Å². The van der Waals surface area contributed by atoms with Crippen molar-refractivity contribution >= 4 is 45.9 Å². The van der Waals surface area contributed by atoms with Gasteiger partial charge in [-0.3, -0.25) is 14.4 Å². The van der Waals surface area contributed by atoms with Crippen LogP contribution in [0.1, 0.15) is 18.9 Å². The third kappa shape index (κ3) is 4.85. The number of nitrogens with zero attached hydrogens (tertiary/aromatic N) is 3. The molecule has 0 saturated carbocycles. The van der Waals surface area contributed by atoms with E-state index >= 15 is 0 Å². The number of fused-ring (bicyclic) bond motifs is 2. The van der Waals surface area contributed by atoms with Gasteiger partial charge in [0, 0.05) is 37.1 Å². The summed E-state index contributed by atoms with van der Waals surface area (Å²) in [6.07, 6.45) is 4.16. The van der Waals surface area contributed by atoms with Gasteiger partial charge >= 0.3 is 0 Å². The Labute approximate surface area is 263 Å². The van der Waals surface area contributed by atoms with Gasteiger partial charge in [0.1, 0.15) is 6.04 Å². The van der Waals surface area contributed by atoms with E-state index in [0.29, 0.717) is 13.1 Å². The van der Waals surface area contributed by atoms with Gasteiger partial charge in [0.05, 0.1) is 23.2 Å². The van der Waals surface area contributed by atoms with Crippen molar-refractivity contribution in [1.82, 2.24) is 9.80 Å². The van der Waals surface area contributed by atoms with Crippen molar-refractivity contribution in [3.8, 4) is 0 Å². The van der Waals surface area contributed by atoms with Gasteiger partial charge in [-0.25, -0.2) is 0 Å². The average molecular weight is 610 g/mol. The monoisotopic (exact) mass is 609 g/mol. The quantitative estimate of drug-likeness (QED) is 0.313. The molecule has 1 spiro atoms. The minimum absolute atomic E-state index is 0.0253. The van der Waals surface area contributed by atoms with Gasteiger partial charge in [-0.2, -0.15) is 0 Å². The number of amides is 3. The van der Waals surface area contributed by atoms with Crippen LogP contribution in [0.3, 0.4) is 0 Å². The highest BCUT2D eigenvalue weighted by atomic mass is 32.2. The lowest BCUT2D eigenvalue weighted by Crippen LogP contribution is -2.58. The number of hydrogen-bond acceptors (Lipinski definition) is 5. The van der Waals surface area contributed by atoms with E-state index in [9.17, 15) is 19.5 Å². The Balaban J connectivity index is 1.39. The number of likely N-dealkylation sites (tertiary alicyclic amines) is 1. The molecule has 3 aliphatic rings. The van der Waals surface area contributed by atoms with Crippen LogP contribution in [0.5, 0.6) is 0 Å². The van der Waals surface area contributed by atoms with E-state index in [1.165, 1.54) is 0 Å². The number of benzene rings is 3. The van der Waals surface area contributed by atoms with Gasteiger partial charge in [0.25, 0.3) is 5.91 Å². The summed E-state index contributed by atoms with van der Waals surface area (Å²) in [5.74, 6) is -1.68. The molecule has 8 heteroatoms. The lowest BCUT2D eigenvalue weighted by molar-refractivity contribution is -0.144. The summed E-state index contributed by atoms with van der Waals surface area (Å²) in [5, 5.41) is 12.1. The number of carbonyl (C=O) groups excluding carboxylic acids is 3. The lowest BCUT2D eigenvalue weighted by atomic mass is 9.65. The van der Waals surface area contributed by atoms with E-state index < -0.39 is 22.6 Å². The molecule has 3 fully saturated rings. The second-order valence-electron chi connectivity index (χ2n) is 12.1. The van der Waals surface area contributed by atoms with Gasteiger partial charge in [0.2, 0.25) is 11.8 Å². The average Bonchev–Trinajstić information content (AvgIpc) is 3.63. The van der Waals surface area contributed by atoms with E-state index in [-0.39, 0.29) is 48.6 Å². The first-order valence-electron chi connectivity index (χ1n) is 15.3. The maximum absolute atomic E-state index is 14.8. The van der Waals surface area contributed by atoms with Gasteiger partial charge in [0.15, 0.2) is 0 Å². The van der Waals surface area contributed by atoms with Crippen LogP contribution >= 0.6 is 11.8 Å². The molecule has 2 bridgehead atoms. The standard InChI is InChI=1S/C36H39N3O4S/c1-4-17-37(23-25-11-7-6-8-12-25)33(41)30-29-21-24(3)36(44-29)31(30)34(42)39(19-20-40)32(36)35(43)38(18-5-2)28-16-15-26-13-9-10-14-27(26)22-28/h4-16,22,24,29-32,40H,1-2,17-21,23H2,3H3/t24?,29-,30+,31+,32?,36?/m1/s1. The predicted octanol–water partition coefficient (Wildman–Crippen LogP) is 4.90. The van der Waals surface area contributed by atoms with E-state index in [1.54, 1.807) is 38.6 Å². The normalized spacial score (nSPS) is 26.9. The Morgan fingerprint density at radius 1 is 1.00 bits per heavy atom. The molecule has 3 amide bonds. The lowest BCUT2D eigenvalue weighted by Gasteiger charge is -2.41. The molecule has 0 aliphatic carbocycles. The smallest absolute Gasteiger partial charge is 0.251 e. The molecule has 3 saturated heterocycles. The molecule has 3 aromatic rings. The molecule has 0 radical (unpaired) electrons. The molecule has 0 aromatic heterocycles. The largest absolute Gasteiger partial charge is 0.395 e. The fraction of sp³-hybridized carbons (Fsp3) is 0.361. The summed E-state index contributed by atoms with van der Waals surface area (Å²) >= 11 is 1.65. The van der Waals surface area contributed by atoms with Crippen LogP contribution in [0.15, 0.2) is 98.1 Å². The SMILES string of the molecule is C=CCN(Cc1ccccc1)C(=O)[C@@H]1[C@H]2C(=O)N(CCO)C(C(=O)N(CC=C)c3ccc4ccccc4c3)C23S[C@@H]1CC3C. The number of anilines is 1. The number of β-amino-alcohol motifs (C(OH)–C–C–N with tert-alkyl or cyclic N) is 1. The molecule has 3 aromatic carbocycles. The van der Waals surface area contributed by atoms with E-state index in [1.807, 2.05) is 72.8 Å². The van der Waals surface area contributed by atoms with Gasteiger partial charge < -0.3 is 19.8 Å². The highest BCUT2D eigenvalue weighted by Gasteiger charge is 2.76. The maximum atomic E-state index is 14.8. The second-order valence-corrected chi connectivity index (χ2v) is 13.6. The minimum Gasteiger partial charge on any atom is -0.395 e. The number of thioether (sulfide) groups is 1. The molecule has 3 aliphatic heterocycles. The highest BCUT2D eigenvalue weighted by molar-refractivity contribution is 8.02. The number of aliphatic hydroxyl groups excluding tert-OH is 1. The fourth-order valence-corrected chi connectivity index (χ4v) is 10.2. The third-order valence-electron chi connectivity index (χ3n) is 9.61. The number of aliphatic hydroxyl groups is 1. The predicted molar refractivity (Wildman–Crippen MR) is 176 cm³/mol. The molecule has 6 rings (SSSR count). The Hall–Kier alpha value is -3.88. The van der Waals surface area contributed by atoms with Crippen molar-refractivity contribution in [2.75, 3.05) is 31.1 Å². The number of rotatable bonds is 11. The summed E-state index contributed by atoms with van der Waals surface area (Å²) in [4.78, 5) is 48.6. The summed E-state index contributed by atoms with van der Waals surface area (Å²) in [5.41, 5.74) is 1.73. The first kappa shape index (κ1) is 30.2. The van der Waals surface area contributed by atoms with Crippen LogP contribution in [0.2, 0.25) is 0 Å². The van der Waals surface area contributed by atoms with Gasteiger partial charge in [-0.15, -0.1) is 24.9 Å². The van der Waals surface area contributed by atoms with E-state index in [4.69, 9.17) is 0 Å². The van der Waals surface area contributed by atoms with Crippen molar-refractivity contribution in [3.63, 3.8) is 0 Å². The second kappa shape index (κ2) is 12.3. The summed E-state index contributed by atoms with van der Waals surface area (Å²) in [6.45, 7) is 10.7. The summed E-state index contributed by atoms with van der Waals surface area (Å²) in [6, 6.07) is 22.9. The Morgan fingerprint density at radius 2 is 1.70 bits per heavy atom. The number of carbonyl (C=O) groups is 3. The molecule has 7 nitrogen and oxygen atoms in total. The molecular weight excluding hydrogens is 570 g/mol. The molecule has 1 N–H and O–H groups in total. The third-order valence-corrected chi connectivity index (χ3v) is 11.7. The van der Waals surface area contributed by atoms with Crippen LogP contribution in [-0.4, -0.2) is 74.9 Å². The van der Waals surface area contributed by atoms with Crippen molar-refractivity contribution < 1.29 is 19.5 Å². The molecule has 44 heavy (non-hydrogen) atoms. The molecular formula is C36H39N3O4S. The van der Waals surface area contributed by atoms with Crippen molar-refractivity contribution in [1.29, 1.82) is 0 Å². The summed E-state index contributed by atoms with van der Waals surface area (Å²) < 4.78 is -0.781. The zero-order chi connectivity index (χ0) is 31.0. The van der Waals surface area contributed by atoms with E-state index in [2.05, 4.69) is 20.1 Å². The molecule has 3 unspecified atom stereocenters. The molecule has 3 heterocycles. The van der Waals surface area contributed by atoms with Crippen LogP contribution in [0.4, 0.5) is 5.69 Å². The highest BCUT2D eigenvalue weighted by Crippen LogP contribution is 2.69. The minimum atomic E-state index is -0.816. The van der Waals surface area contributed by atoms with Crippen molar-refractivity contribution in [2.45, 2.75) is 35.9 Å². The molecule has 228 valence electrons.